The normalized spacial score (nSPS) is 34.0. The second-order valence-corrected chi connectivity index (χ2v) is 9.14. The molecule has 0 radical (unpaired) electrons. The summed E-state index contributed by atoms with van der Waals surface area (Å²) in [4.78, 5) is 26.8. The van der Waals surface area contributed by atoms with Gasteiger partial charge in [-0.2, -0.15) is 0 Å². The van der Waals surface area contributed by atoms with Gasteiger partial charge in [-0.05, 0) is 44.4 Å². The summed E-state index contributed by atoms with van der Waals surface area (Å²) in [5.41, 5.74) is -0.847. The van der Waals surface area contributed by atoms with Gasteiger partial charge in [0.15, 0.2) is 0 Å². The van der Waals surface area contributed by atoms with Crippen molar-refractivity contribution in [1.82, 2.24) is 10.2 Å². The van der Waals surface area contributed by atoms with Crippen LogP contribution in [0, 0.1) is 11.8 Å². The van der Waals surface area contributed by atoms with Crippen molar-refractivity contribution in [2.24, 2.45) is 11.8 Å². The van der Waals surface area contributed by atoms with Gasteiger partial charge in [0.2, 0.25) is 11.8 Å². The molecule has 0 spiro atoms. The van der Waals surface area contributed by atoms with E-state index in [9.17, 15) is 18.0 Å². The van der Waals surface area contributed by atoms with E-state index in [1.54, 1.807) is 6.92 Å². The van der Waals surface area contributed by atoms with Gasteiger partial charge in [0, 0.05) is 12.8 Å². The van der Waals surface area contributed by atoms with Gasteiger partial charge >= 0.3 is 0 Å². The van der Waals surface area contributed by atoms with Gasteiger partial charge in [-0.15, -0.1) is 0 Å². The van der Waals surface area contributed by atoms with E-state index >= 15 is 0 Å². The van der Waals surface area contributed by atoms with Crippen LogP contribution in [0.2, 0.25) is 0 Å². The number of carbonyl (C=O) groups is 2. The lowest BCUT2D eigenvalue weighted by Crippen LogP contribution is -2.71. The second kappa shape index (κ2) is 4.69. The maximum atomic E-state index is 12.9. The van der Waals surface area contributed by atoms with Gasteiger partial charge in [0.05, 0.1) is 5.75 Å². The summed E-state index contributed by atoms with van der Waals surface area (Å²) in [7, 11) is -3.16. The molecule has 1 heterocycles. The molecule has 6 nitrogen and oxygen atoms in total. The Morgan fingerprint density at radius 3 is 2.33 bits per heavy atom. The van der Waals surface area contributed by atoms with Crippen molar-refractivity contribution >= 4 is 21.7 Å². The minimum atomic E-state index is -3.16. The van der Waals surface area contributed by atoms with Gasteiger partial charge in [-0.25, -0.2) is 8.42 Å². The monoisotopic (exact) mass is 314 g/mol. The van der Waals surface area contributed by atoms with Crippen molar-refractivity contribution in [2.45, 2.75) is 44.2 Å². The molecule has 2 atom stereocenters. The Balaban J connectivity index is 1.85. The number of sulfone groups is 1. The lowest BCUT2D eigenvalue weighted by Gasteiger charge is -2.45. The van der Waals surface area contributed by atoms with Gasteiger partial charge in [-0.3, -0.25) is 9.59 Å². The average molecular weight is 314 g/mol. The van der Waals surface area contributed by atoms with Crippen molar-refractivity contribution in [3.05, 3.63) is 0 Å². The number of nitrogens with one attached hydrogen (secondary N) is 1. The first-order valence-electron chi connectivity index (χ1n) is 7.53. The maximum absolute atomic E-state index is 12.9. The van der Waals surface area contributed by atoms with Crippen LogP contribution in [0.1, 0.15) is 32.6 Å². The van der Waals surface area contributed by atoms with Crippen LogP contribution in [0.15, 0.2) is 0 Å². The Hall–Kier alpha value is -1.11. The third-order valence-corrected chi connectivity index (χ3v) is 5.78. The smallest absolute Gasteiger partial charge is 0.249 e. The van der Waals surface area contributed by atoms with Crippen LogP contribution < -0.4 is 5.32 Å². The highest BCUT2D eigenvalue weighted by atomic mass is 32.2. The Morgan fingerprint density at radius 2 is 1.86 bits per heavy atom. The zero-order valence-corrected chi connectivity index (χ0v) is 13.3. The molecule has 2 unspecified atom stereocenters. The summed E-state index contributed by atoms with van der Waals surface area (Å²) in [6, 6.07) is -0.480. The van der Waals surface area contributed by atoms with Crippen LogP contribution in [0.25, 0.3) is 0 Å². The van der Waals surface area contributed by atoms with Crippen LogP contribution in [0.3, 0.4) is 0 Å². The number of rotatable bonds is 5. The lowest BCUT2D eigenvalue weighted by molar-refractivity contribution is -0.155. The molecular weight excluding hydrogens is 292 g/mol. The Kier molecular flexibility index (Phi) is 3.31. The average Bonchev–Trinajstić information content (AvgIpc) is 3.23. The summed E-state index contributed by atoms with van der Waals surface area (Å²) in [5.74, 6) is 0.0768. The quantitative estimate of drug-likeness (QED) is 0.770. The van der Waals surface area contributed by atoms with Gasteiger partial charge < -0.3 is 10.2 Å². The van der Waals surface area contributed by atoms with E-state index in [1.807, 2.05) is 0 Å². The molecule has 3 rings (SSSR count). The van der Waals surface area contributed by atoms with Crippen LogP contribution >= 0.6 is 0 Å². The van der Waals surface area contributed by atoms with Crippen LogP contribution in [-0.4, -0.2) is 55.3 Å². The van der Waals surface area contributed by atoms with Gasteiger partial charge in [-0.1, -0.05) is 0 Å². The first kappa shape index (κ1) is 14.8. The molecule has 0 aromatic heterocycles. The molecule has 1 N–H and O–H groups in total. The fraction of sp³-hybridized carbons (Fsp3) is 0.857. The van der Waals surface area contributed by atoms with Crippen molar-refractivity contribution in [2.75, 3.05) is 18.6 Å². The standard InChI is InChI=1S/C14H22N2O4S/c1-14(10-5-6-10)13(18)16(7-8-21(2,19)20)11(9-3-4-9)12(17)15-14/h9-11H,3-8H2,1-2H3,(H,15,17). The second-order valence-electron chi connectivity index (χ2n) is 6.88. The fourth-order valence-electron chi connectivity index (χ4n) is 3.27. The Labute approximate surface area is 125 Å². The molecular formula is C14H22N2O4S. The third kappa shape index (κ3) is 2.80. The number of amides is 2. The Morgan fingerprint density at radius 1 is 1.24 bits per heavy atom. The minimum Gasteiger partial charge on any atom is -0.340 e. The molecule has 2 aliphatic carbocycles. The number of carbonyl (C=O) groups excluding carboxylic acids is 2. The van der Waals surface area contributed by atoms with E-state index in [4.69, 9.17) is 0 Å². The highest BCUT2D eigenvalue weighted by molar-refractivity contribution is 7.90. The summed E-state index contributed by atoms with van der Waals surface area (Å²) >= 11 is 0. The van der Waals surface area contributed by atoms with Gasteiger partial charge in [0.25, 0.3) is 0 Å². The third-order valence-electron chi connectivity index (χ3n) is 4.86. The molecule has 1 saturated heterocycles. The van der Waals surface area contributed by atoms with E-state index in [2.05, 4.69) is 5.32 Å². The predicted molar refractivity (Wildman–Crippen MR) is 77.2 cm³/mol. The molecule has 118 valence electrons. The summed E-state index contributed by atoms with van der Waals surface area (Å²) in [6.07, 6.45) is 4.91. The van der Waals surface area contributed by atoms with E-state index in [0.717, 1.165) is 31.9 Å². The van der Waals surface area contributed by atoms with E-state index < -0.39 is 21.4 Å². The SMILES string of the molecule is CC1(C2CC2)NC(=O)C(C2CC2)N(CCS(C)(=O)=O)C1=O. The zero-order valence-electron chi connectivity index (χ0n) is 12.5. The molecule has 3 fully saturated rings. The highest BCUT2D eigenvalue weighted by Crippen LogP contribution is 2.45. The molecule has 7 heteroatoms. The number of nitrogens with zero attached hydrogens (tertiary/aromatic N) is 1. The first-order chi connectivity index (χ1) is 9.72. The minimum absolute atomic E-state index is 0.0873. The van der Waals surface area contributed by atoms with E-state index in [1.165, 1.54) is 4.90 Å². The van der Waals surface area contributed by atoms with Crippen molar-refractivity contribution in [3.63, 3.8) is 0 Å². The summed E-state index contributed by atoms with van der Waals surface area (Å²) < 4.78 is 22.8. The molecule has 1 aliphatic heterocycles. The van der Waals surface area contributed by atoms with Crippen LogP contribution in [0.4, 0.5) is 0 Å². The molecule has 0 bridgehead atoms. The first-order valence-corrected chi connectivity index (χ1v) is 9.59. The lowest BCUT2D eigenvalue weighted by atomic mass is 9.88. The molecule has 2 amide bonds. The number of hydrogen-bond acceptors (Lipinski definition) is 4. The summed E-state index contributed by atoms with van der Waals surface area (Å²) in [6.45, 7) is 1.90. The molecule has 0 aromatic carbocycles. The molecule has 21 heavy (non-hydrogen) atoms. The molecule has 2 saturated carbocycles. The summed E-state index contributed by atoms with van der Waals surface area (Å²) in [5, 5.41) is 2.92. The predicted octanol–water partition coefficient (Wildman–Crippen LogP) is -0.0633. The van der Waals surface area contributed by atoms with Crippen LogP contribution in [0.5, 0.6) is 0 Å². The molecule has 3 aliphatic rings. The van der Waals surface area contributed by atoms with E-state index in [-0.39, 0.29) is 35.9 Å². The number of hydrogen-bond donors (Lipinski definition) is 1. The van der Waals surface area contributed by atoms with Crippen molar-refractivity contribution in [1.29, 1.82) is 0 Å². The van der Waals surface area contributed by atoms with Crippen molar-refractivity contribution < 1.29 is 18.0 Å². The van der Waals surface area contributed by atoms with Crippen molar-refractivity contribution in [3.8, 4) is 0 Å². The zero-order chi connectivity index (χ0) is 15.4. The highest BCUT2D eigenvalue weighted by Gasteiger charge is 2.57. The fourth-order valence-corrected chi connectivity index (χ4v) is 3.80. The topological polar surface area (TPSA) is 83.6 Å². The Bertz CT molecular complexity index is 580. The van der Waals surface area contributed by atoms with Crippen LogP contribution in [-0.2, 0) is 19.4 Å². The van der Waals surface area contributed by atoms with E-state index in [0.29, 0.717) is 0 Å². The van der Waals surface area contributed by atoms with Gasteiger partial charge in [0.1, 0.15) is 21.4 Å². The largest absolute Gasteiger partial charge is 0.340 e. The number of piperazine rings is 1. The molecule has 0 aromatic rings. The maximum Gasteiger partial charge on any atom is 0.249 e.